The number of hydrogen-bond donors (Lipinski definition) is 0. The van der Waals surface area contributed by atoms with E-state index in [0.717, 1.165) is 12.3 Å². The first-order chi connectivity index (χ1) is 8.50. The van der Waals surface area contributed by atoms with Gasteiger partial charge in [0.2, 0.25) is 5.88 Å². The Balaban J connectivity index is 2.23. The van der Waals surface area contributed by atoms with Gasteiger partial charge in [-0.3, -0.25) is 0 Å². The van der Waals surface area contributed by atoms with E-state index in [4.69, 9.17) is 4.74 Å². The molecule has 0 aromatic carbocycles. The van der Waals surface area contributed by atoms with Crippen molar-refractivity contribution in [3.8, 4) is 11.7 Å². The maximum Gasteiger partial charge on any atom is 0.417 e. The maximum atomic E-state index is 12.3. The van der Waals surface area contributed by atoms with Crippen molar-refractivity contribution in [2.45, 2.75) is 13.1 Å². The number of ether oxygens (including phenoxy) is 1. The lowest BCUT2D eigenvalue weighted by molar-refractivity contribution is -0.137. The van der Waals surface area contributed by atoms with Crippen LogP contribution in [0, 0.1) is 6.07 Å². The second kappa shape index (κ2) is 4.67. The molecule has 2 aromatic rings. The third kappa shape index (κ3) is 2.61. The van der Waals surface area contributed by atoms with Crippen molar-refractivity contribution in [1.29, 1.82) is 0 Å². The molecule has 0 aliphatic rings. The summed E-state index contributed by atoms with van der Waals surface area (Å²) in [5, 5.41) is 3.96. The highest BCUT2D eigenvalue weighted by molar-refractivity contribution is 5.26. The van der Waals surface area contributed by atoms with Crippen molar-refractivity contribution < 1.29 is 17.9 Å². The monoisotopic (exact) mass is 256 g/mol. The Morgan fingerprint density at radius 2 is 2.17 bits per heavy atom. The highest BCUT2D eigenvalue weighted by Crippen LogP contribution is 2.28. The molecule has 0 fully saturated rings. The molecular formula is C11H9F3N3O. The quantitative estimate of drug-likeness (QED) is 0.847. The predicted molar refractivity (Wildman–Crippen MR) is 56.4 cm³/mol. The van der Waals surface area contributed by atoms with Crippen LogP contribution in [0.5, 0.6) is 5.88 Å². The average molecular weight is 256 g/mol. The maximum absolute atomic E-state index is 12.3. The Morgan fingerprint density at radius 3 is 2.72 bits per heavy atom. The van der Waals surface area contributed by atoms with Gasteiger partial charge in [0, 0.05) is 12.4 Å². The summed E-state index contributed by atoms with van der Waals surface area (Å²) in [4.78, 5) is 3.69. The molecule has 18 heavy (non-hydrogen) atoms. The van der Waals surface area contributed by atoms with Crippen LogP contribution in [0.25, 0.3) is 5.82 Å². The number of nitrogens with zero attached hydrogens (tertiary/aromatic N) is 3. The van der Waals surface area contributed by atoms with E-state index >= 15 is 0 Å². The molecule has 0 atom stereocenters. The SMILES string of the molecule is CCOc1[c]cn(-c2ccc(C(F)(F)F)cn2)n1. The van der Waals surface area contributed by atoms with Crippen LogP contribution < -0.4 is 4.74 Å². The molecule has 0 unspecified atom stereocenters. The third-order valence-corrected chi connectivity index (χ3v) is 2.10. The van der Waals surface area contributed by atoms with E-state index < -0.39 is 11.7 Å². The minimum atomic E-state index is -4.39. The molecular weight excluding hydrogens is 247 g/mol. The first-order valence-corrected chi connectivity index (χ1v) is 5.14. The van der Waals surface area contributed by atoms with Crippen molar-refractivity contribution in [3.05, 3.63) is 36.2 Å². The number of alkyl halides is 3. The topological polar surface area (TPSA) is 39.9 Å². The molecule has 0 aliphatic carbocycles. The zero-order valence-corrected chi connectivity index (χ0v) is 9.40. The molecule has 0 spiro atoms. The number of halogens is 3. The van der Waals surface area contributed by atoms with Gasteiger partial charge in [0.1, 0.15) is 0 Å². The van der Waals surface area contributed by atoms with Gasteiger partial charge in [0.25, 0.3) is 0 Å². The van der Waals surface area contributed by atoms with Gasteiger partial charge < -0.3 is 4.74 Å². The highest BCUT2D eigenvalue weighted by Gasteiger charge is 2.30. The number of aromatic nitrogens is 3. The average Bonchev–Trinajstić information content (AvgIpc) is 2.77. The standard InChI is InChI=1S/C11H9F3N3O/c1-2-18-10-5-6-17(16-10)9-4-3-8(7-15-9)11(12,13)14/h3-4,6-7H,2H2,1H3. The Hall–Kier alpha value is -2.05. The Labute approximate surface area is 101 Å². The molecule has 0 bridgehead atoms. The zero-order valence-electron chi connectivity index (χ0n) is 9.40. The summed E-state index contributed by atoms with van der Waals surface area (Å²) >= 11 is 0. The first kappa shape index (κ1) is 12.4. The van der Waals surface area contributed by atoms with Gasteiger partial charge in [0.05, 0.1) is 18.2 Å². The fourth-order valence-electron chi connectivity index (χ4n) is 1.29. The van der Waals surface area contributed by atoms with Crippen LogP contribution in [0.15, 0.2) is 24.5 Å². The van der Waals surface area contributed by atoms with Crippen LogP contribution in [0.3, 0.4) is 0 Å². The van der Waals surface area contributed by atoms with E-state index in [0.29, 0.717) is 6.61 Å². The molecule has 95 valence electrons. The van der Waals surface area contributed by atoms with Crippen molar-refractivity contribution in [3.63, 3.8) is 0 Å². The molecule has 7 heteroatoms. The van der Waals surface area contributed by atoms with Crippen molar-refractivity contribution in [1.82, 2.24) is 14.8 Å². The third-order valence-electron chi connectivity index (χ3n) is 2.10. The highest BCUT2D eigenvalue weighted by atomic mass is 19.4. The lowest BCUT2D eigenvalue weighted by atomic mass is 10.3. The Kier molecular flexibility index (Phi) is 3.22. The Morgan fingerprint density at radius 1 is 1.39 bits per heavy atom. The summed E-state index contributed by atoms with van der Waals surface area (Å²) in [6.07, 6.45) is -2.18. The van der Waals surface area contributed by atoms with Gasteiger partial charge in [-0.05, 0) is 19.1 Å². The summed E-state index contributed by atoms with van der Waals surface area (Å²) in [5.41, 5.74) is -0.799. The van der Waals surface area contributed by atoms with Crippen LogP contribution in [0.4, 0.5) is 13.2 Å². The normalized spacial score (nSPS) is 11.6. The summed E-state index contributed by atoms with van der Waals surface area (Å²) in [6, 6.07) is 4.90. The predicted octanol–water partition coefficient (Wildman–Crippen LogP) is 2.48. The van der Waals surface area contributed by atoms with Crippen LogP contribution in [-0.2, 0) is 6.18 Å². The second-order valence-corrected chi connectivity index (χ2v) is 3.36. The smallest absolute Gasteiger partial charge is 0.417 e. The minimum Gasteiger partial charge on any atom is -0.476 e. The molecule has 0 saturated heterocycles. The van der Waals surface area contributed by atoms with Gasteiger partial charge >= 0.3 is 6.18 Å². The van der Waals surface area contributed by atoms with Gasteiger partial charge in [-0.25, -0.2) is 9.67 Å². The van der Waals surface area contributed by atoms with Crippen LogP contribution in [0.1, 0.15) is 12.5 Å². The van der Waals surface area contributed by atoms with Crippen LogP contribution in [-0.4, -0.2) is 21.4 Å². The molecule has 2 aromatic heterocycles. The summed E-state index contributed by atoms with van der Waals surface area (Å²) in [7, 11) is 0. The van der Waals surface area contributed by atoms with E-state index in [9.17, 15) is 13.2 Å². The van der Waals surface area contributed by atoms with Crippen molar-refractivity contribution in [2.24, 2.45) is 0 Å². The van der Waals surface area contributed by atoms with E-state index in [2.05, 4.69) is 16.1 Å². The molecule has 2 heterocycles. The minimum absolute atomic E-state index is 0.269. The summed E-state index contributed by atoms with van der Waals surface area (Å²) in [5.74, 6) is 0.546. The second-order valence-electron chi connectivity index (χ2n) is 3.36. The molecule has 0 amide bonds. The number of hydrogen-bond acceptors (Lipinski definition) is 3. The molecule has 0 aliphatic heterocycles. The van der Waals surface area contributed by atoms with Gasteiger partial charge in [-0.2, -0.15) is 13.2 Å². The lowest BCUT2D eigenvalue weighted by Crippen LogP contribution is -2.07. The fraction of sp³-hybridized carbons (Fsp3) is 0.273. The Bertz CT molecular complexity index is 519. The number of rotatable bonds is 3. The van der Waals surface area contributed by atoms with Gasteiger partial charge in [-0.15, -0.1) is 5.10 Å². The largest absolute Gasteiger partial charge is 0.476 e. The van der Waals surface area contributed by atoms with Crippen LogP contribution in [0.2, 0.25) is 0 Å². The van der Waals surface area contributed by atoms with Crippen molar-refractivity contribution >= 4 is 0 Å². The first-order valence-electron chi connectivity index (χ1n) is 5.14. The summed E-state index contributed by atoms with van der Waals surface area (Å²) in [6.45, 7) is 2.23. The molecule has 0 saturated carbocycles. The fourth-order valence-corrected chi connectivity index (χ4v) is 1.29. The summed E-state index contributed by atoms with van der Waals surface area (Å²) < 4.78 is 43.4. The number of pyridine rings is 1. The van der Waals surface area contributed by atoms with Gasteiger partial charge in [-0.1, -0.05) is 0 Å². The molecule has 4 nitrogen and oxygen atoms in total. The lowest BCUT2D eigenvalue weighted by Gasteiger charge is -2.06. The molecule has 2 rings (SSSR count). The molecule has 1 radical (unpaired) electrons. The van der Waals surface area contributed by atoms with E-state index in [1.54, 1.807) is 6.92 Å². The van der Waals surface area contributed by atoms with E-state index in [1.807, 2.05) is 0 Å². The molecule has 0 N–H and O–H groups in total. The van der Waals surface area contributed by atoms with Gasteiger partial charge in [0.15, 0.2) is 5.82 Å². The van der Waals surface area contributed by atoms with Crippen LogP contribution >= 0.6 is 0 Å². The zero-order chi connectivity index (χ0) is 13.2. The van der Waals surface area contributed by atoms with Crippen molar-refractivity contribution in [2.75, 3.05) is 6.61 Å². The van der Waals surface area contributed by atoms with E-state index in [-0.39, 0.29) is 11.7 Å². The van der Waals surface area contributed by atoms with E-state index in [1.165, 1.54) is 16.9 Å².